The molecule has 1 aromatic carbocycles. The zero-order chi connectivity index (χ0) is 15.2. The Bertz CT molecular complexity index is 580. The summed E-state index contributed by atoms with van der Waals surface area (Å²) in [7, 11) is 3.33. The molecule has 0 spiro atoms. The van der Waals surface area contributed by atoms with Gasteiger partial charge in [0.1, 0.15) is 0 Å². The summed E-state index contributed by atoms with van der Waals surface area (Å²) in [5.74, 6) is 1.56. The summed E-state index contributed by atoms with van der Waals surface area (Å²) in [5.41, 5.74) is 4.00. The van der Waals surface area contributed by atoms with E-state index in [1.807, 2.05) is 12.1 Å². The van der Waals surface area contributed by atoms with E-state index in [9.17, 15) is 0 Å². The van der Waals surface area contributed by atoms with Crippen molar-refractivity contribution in [2.24, 2.45) is 0 Å². The average Bonchev–Trinajstić information content (AvgIpc) is 2.90. The van der Waals surface area contributed by atoms with E-state index >= 15 is 0 Å². The lowest BCUT2D eigenvalue weighted by molar-refractivity contribution is 0.354. The molecule has 114 valence electrons. The highest BCUT2D eigenvalue weighted by Gasteiger charge is 2.08. The standard InChI is InChI=1S/C17H23NO2S/c1-12-10-21-11-15(12)9-18-13(2)7-14-5-6-16(19-3)17(8-14)20-4/h5-6,8,10-11,13,18H,7,9H2,1-4H3. The second-order valence-corrected chi connectivity index (χ2v) is 6.00. The van der Waals surface area contributed by atoms with E-state index < -0.39 is 0 Å². The molecular weight excluding hydrogens is 282 g/mol. The van der Waals surface area contributed by atoms with Gasteiger partial charge < -0.3 is 14.8 Å². The van der Waals surface area contributed by atoms with Crippen LogP contribution in [0.2, 0.25) is 0 Å². The molecule has 1 heterocycles. The first-order valence-corrected chi connectivity index (χ1v) is 8.04. The topological polar surface area (TPSA) is 30.5 Å². The predicted molar refractivity (Wildman–Crippen MR) is 88.6 cm³/mol. The third-order valence-electron chi connectivity index (χ3n) is 3.59. The molecule has 0 bridgehead atoms. The Morgan fingerprint density at radius 3 is 2.52 bits per heavy atom. The highest BCUT2D eigenvalue weighted by molar-refractivity contribution is 7.08. The number of methoxy groups -OCH3 is 2. The van der Waals surface area contributed by atoms with Crippen molar-refractivity contribution in [1.29, 1.82) is 0 Å². The minimum Gasteiger partial charge on any atom is -0.493 e. The van der Waals surface area contributed by atoms with Gasteiger partial charge in [0.2, 0.25) is 0 Å². The van der Waals surface area contributed by atoms with Crippen LogP contribution in [0.15, 0.2) is 29.0 Å². The van der Waals surface area contributed by atoms with Gasteiger partial charge in [0.15, 0.2) is 11.5 Å². The predicted octanol–water partition coefficient (Wildman–Crippen LogP) is 3.79. The monoisotopic (exact) mass is 305 g/mol. The number of thiophene rings is 1. The van der Waals surface area contributed by atoms with Crippen LogP contribution in [0.4, 0.5) is 0 Å². The van der Waals surface area contributed by atoms with Crippen LogP contribution in [-0.4, -0.2) is 20.3 Å². The molecule has 4 heteroatoms. The van der Waals surface area contributed by atoms with Gasteiger partial charge in [-0.1, -0.05) is 6.07 Å². The summed E-state index contributed by atoms with van der Waals surface area (Å²) in [6.07, 6.45) is 0.962. The van der Waals surface area contributed by atoms with Gasteiger partial charge in [-0.25, -0.2) is 0 Å². The molecule has 0 amide bonds. The second-order valence-electron chi connectivity index (χ2n) is 5.26. The van der Waals surface area contributed by atoms with Crippen molar-refractivity contribution in [3.63, 3.8) is 0 Å². The summed E-state index contributed by atoms with van der Waals surface area (Å²) < 4.78 is 10.6. The first kappa shape index (κ1) is 15.9. The smallest absolute Gasteiger partial charge is 0.160 e. The zero-order valence-electron chi connectivity index (χ0n) is 13.1. The molecule has 2 rings (SSSR count). The van der Waals surface area contributed by atoms with E-state index in [1.165, 1.54) is 16.7 Å². The Kier molecular flexibility index (Phi) is 5.65. The molecule has 3 nitrogen and oxygen atoms in total. The Morgan fingerprint density at radius 2 is 1.90 bits per heavy atom. The van der Waals surface area contributed by atoms with Gasteiger partial charge in [-0.2, -0.15) is 11.3 Å². The maximum Gasteiger partial charge on any atom is 0.160 e. The summed E-state index contributed by atoms with van der Waals surface area (Å²) in [5, 5.41) is 7.98. The number of ether oxygens (including phenoxy) is 2. The lowest BCUT2D eigenvalue weighted by Gasteiger charge is -2.15. The van der Waals surface area contributed by atoms with Gasteiger partial charge in [-0.15, -0.1) is 0 Å². The number of benzene rings is 1. The normalized spacial score (nSPS) is 12.2. The van der Waals surface area contributed by atoms with Gasteiger partial charge >= 0.3 is 0 Å². The van der Waals surface area contributed by atoms with Crippen LogP contribution in [0.25, 0.3) is 0 Å². The molecule has 0 aliphatic heterocycles. The third-order valence-corrected chi connectivity index (χ3v) is 4.50. The fourth-order valence-electron chi connectivity index (χ4n) is 2.29. The maximum absolute atomic E-state index is 5.35. The molecule has 2 aromatic rings. The van der Waals surface area contributed by atoms with Crippen molar-refractivity contribution < 1.29 is 9.47 Å². The molecule has 0 saturated carbocycles. The van der Waals surface area contributed by atoms with Crippen molar-refractivity contribution in [1.82, 2.24) is 5.32 Å². The second kappa shape index (κ2) is 7.48. The molecular formula is C17H23NO2S. The van der Waals surface area contributed by atoms with E-state index in [1.54, 1.807) is 25.6 Å². The van der Waals surface area contributed by atoms with Gasteiger partial charge in [-0.3, -0.25) is 0 Å². The van der Waals surface area contributed by atoms with Crippen LogP contribution in [0.3, 0.4) is 0 Å². The molecule has 1 unspecified atom stereocenters. The fraction of sp³-hybridized carbons (Fsp3) is 0.412. The largest absolute Gasteiger partial charge is 0.493 e. The van der Waals surface area contributed by atoms with Crippen molar-refractivity contribution in [3.8, 4) is 11.5 Å². The van der Waals surface area contributed by atoms with E-state index in [-0.39, 0.29) is 0 Å². The number of hydrogen-bond donors (Lipinski definition) is 1. The quantitative estimate of drug-likeness (QED) is 0.844. The van der Waals surface area contributed by atoms with Crippen LogP contribution in [0, 0.1) is 6.92 Å². The molecule has 0 aliphatic rings. The first-order chi connectivity index (χ1) is 10.1. The maximum atomic E-state index is 5.35. The van der Waals surface area contributed by atoms with Crippen LogP contribution < -0.4 is 14.8 Å². The van der Waals surface area contributed by atoms with Gasteiger partial charge in [0.05, 0.1) is 14.2 Å². The summed E-state index contributed by atoms with van der Waals surface area (Å²) in [4.78, 5) is 0. The first-order valence-electron chi connectivity index (χ1n) is 7.10. The number of aryl methyl sites for hydroxylation is 1. The molecule has 0 aliphatic carbocycles. The van der Waals surface area contributed by atoms with E-state index in [0.717, 1.165) is 24.5 Å². The zero-order valence-corrected chi connectivity index (χ0v) is 13.9. The minimum absolute atomic E-state index is 0.405. The molecule has 1 atom stereocenters. The van der Waals surface area contributed by atoms with E-state index in [4.69, 9.17) is 9.47 Å². The number of hydrogen-bond acceptors (Lipinski definition) is 4. The Morgan fingerprint density at radius 1 is 1.14 bits per heavy atom. The van der Waals surface area contributed by atoms with Crippen molar-refractivity contribution in [2.75, 3.05) is 14.2 Å². The van der Waals surface area contributed by atoms with Crippen molar-refractivity contribution in [2.45, 2.75) is 32.9 Å². The number of nitrogens with one attached hydrogen (secondary N) is 1. The highest BCUT2D eigenvalue weighted by Crippen LogP contribution is 2.28. The van der Waals surface area contributed by atoms with Crippen molar-refractivity contribution >= 4 is 11.3 Å². The molecule has 0 radical (unpaired) electrons. The summed E-state index contributed by atoms with van der Waals surface area (Å²) in [6, 6.07) is 6.51. The highest BCUT2D eigenvalue weighted by atomic mass is 32.1. The fourth-order valence-corrected chi connectivity index (χ4v) is 3.14. The lowest BCUT2D eigenvalue weighted by Crippen LogP contribution is -2.27. The lowest BCUT2D eigenvalue weighted by atomic mass is 10.1. The SMILES string of the molecule is COc1ccc(CC(C)NCc2cscc2C)cc1OC. The molecule has 0 saturated heterocycles. The van der Waals surface area contributed by atoms with Crippen LogP contribution in [0.5, 0.6) is 11.5 Å². The molecule has 1 aromatic heterocycles. The average molecular weight is 305 g/mol. The minimum atomic E-state index is 0.405. The van der Waals surface area contributed by atoms with E-state index in [0.29, 0.717) is 6.04 Å². The molecule has 0 fully saturated rings. The van der Waals surface area contributed by atoms with Crippen molar-refractivity contribution in [3.05, 3.63) is 45.6 Å². The van der Waals surface area contributed by atoms with Gasteiger partial charge in [-0.05, 0) is 59.9 Å². The van der Waals surface area contributed by atoms with Gasteiger partial charge in [0.25, 0.3) is 0 Å². The summed E-state index contributed by atoms with van der Waals surface area (Å²) >= 11 is 1.76. The molecule has 21 heavy (non-hydrogen) atoms. The third kappa shape index (κ3) is 4.22. The Labute approximate surface area is 130 Å². The van der Waals surface area contributed by atoms with E-state index in [2.05, 4.69) is 36.0 Å². The van der Waals surface area contributed by atoms with Crippen LogP contribution >= 0.6 is 11.3 Å². The Balaban J connectivity index is 1.93. The Hall–Kier alpha value is -1.52. The van der Waals surface area contributed by atoms with Gasteiger partial charge in [0, 0.05) is 12.6 Å². The number of rotatable bonds is 7. The summed E-state index contributed by atoms with van der Waals surface area (Å²) in [6.45, 7) is 5.29. The van der Waals surface area contributed by atoms with Crippen LogP contribution in [-0.2, 0) is 13.0 Å². The molecule has 1 N–H and O–H groups in total. The van der Waals surface area contributed by atoms with Crippen LogP contribution in [0.1, 0.15) is 23.6 Å².